The summed E-state index contributed by atoms with van der Waals surface area (Å²) >= 11 is 0. The Morgan fingerprint density at radius 1 is 1.09 bits per heavy atom. The summed E-state index contributed by atoms with van der Waals surface area (Å²) in [5.74, 6) is 1.82. The number of anilines is 2. The number of fused-ring (bicyclic) bond motifs is 1. The van der Waals surface area contributed by atoms with Crippen LogP contribution in [-0.4, -0.2) is 30.0 Å². The van der Waals surface area contributed by atoms with Crippen LogP contribution in [0.15, 0.2) is 71.3 Å². The first-order valence-electron chi connectivity index (χ1n) is 10.8. The summed E-state index contributed by atoms with van der Waals surface area (Å²) in [4.78, 5) is 0. The molecule has 32 heavy (non-hydrogen) atoms. The molecule has 0 amide bonds. The van der Waals surface area contributed by atoms with Crippen molar-refractivity contribution >= 4 is 28.2 Å². The lowest BCUT2D eigenvalue weighted by atomic mass is 9.98. The van der Waals surface area contributed by atoms with Gasteiger partial charge in [-0.2, -0.15) is 0 Å². The zero-order valence-corrected chi connectivity index (χ0v) is 17.6. The van der Waals surface area contributed by atoms with Gasteiger partial charge in [-0.25, -0.2) is 0 Å². The number of benzene rings is 3. The van der Waals surface area contributed by atoms with Crippen LogP contribution in [-0.2, 0) is 0 Å². The highest BCUT2D eigenvalue weighted by Gasteiger charge is 2.19. The third kappa shape index (κ3) is 4.15. The third-order valence-electron chi connectivity index (χ3n) is 5.69. The minimum absolute atomic E-state index is 0.287. The Balaban J connectivity index is 1.44. The molecule has 1 fully saturated rings. The average molecular weight is 428 g/mol. The first-order valence-corrected chi connectivity index (χ1v) is 10.8. The fraction of sp³-hybridized carbons (Fsp3) is 0.200. The molecule has 7 nitrogen and oxygen atoms in total. The van der Waals surface area contributed by atoms with E-state index in [2.05, 4.69) is 15.8 Å². The van der Waals surface area contributed by atoms with Gasteiger partial charge in [-0.15, -0.1) is 0 Å². The number of nitrogens with one attached hydrogen (secondary N) is 3. The van der Waals surface area contributed by atoms with Gasteiger partial charge < -0.3 is 25.6 Å². The Morgan fingerprint density at radius 3 is 2.62 bits per heavy atom. The monoisotopic (exact) mass is 427 g/mol. The number of nitrogen functional groups attached to an aromatic ring is 1. The Kier molecular flexibility index (Phi) is 5.47. The van der Waals surface area contributed by atoms with Gasteiger partial charge in [-0.1, -0.05) is 23.4 Å². The summed E-state index contributed by atoms with van der Waals surface area (Å²) in [7, 11) is 0. The second-order valence-electron chi connectivity index (χ2n) is 7.96. The molecule has 7 heteroatoms. The molecule has 1 aliphatic heterocycles. The molecule has 5 rings (SSSR count). The molecule has 0 spiro atoms. The fourth-order valence-electron chi connectivity index (χ4n) is 3.99. The number of piperidine rings is 1. The van der Waals surface area contributed by atoms with Crippen molar-refractivity contribution in [2.24, 2.45) is 0 Å². The first kappa shape index (κ1) is 20.1. The molecule has 1 unspecified atom stereocenters. The molecular weight excluding hydrogens is 402 g/mol. The average Bonchev–Trinajstić information content (AvgIpc) is 3.19. The first-order chi connectivity index (χ1) is 15.7. The van der Waals surface area contributed by atoms with Gasteiger partial charge >= 0.3 is 0 Å². The van der Waals surface area contributed by atoms with Crippen molar-refractivity contribution in [2.45, 2.75) is 18.9 Å². The smallest absolute Gasteiger partial charge is 0.174 e. The Hall–Kier alpha value is -3.84. The van der Waals surface area contributed by atoms with E-state index in [4.69, 9.17) is 20.4 Å². The maximum absolute atomic E-state index is 8.93. The second-order valence-corrected chi connectivity index (χ2v) is 7.96. The molecule has 1 atom stereocenters. The SMILES string of the molecule is N=C(c1ccc(Oc2ccccc2)cc1)c1cc2c(N)noc2cc1NC1CCCNC1. The molecule has 5 N–H and O–H groups in total. The van der Waals surface area contributed by atoms with Crippen LogP contribution < -0.4 is 21.1 Å². The summed E-state index contributed by atoms with van der Waals surface area (Å²) in [5.41, 5.74) is 9.38. The van der Waals surface area contributed by atoms with Crippen molar-refractivity contribution in [1.29, 1.82) is 5.41 Å². The van der Waals surface area contributed by atoms with Crippen LogP contribution in [0, 0.1) is 5.41 Å². The van der Waals surface area contributed by atoms with Gasteiger partial charge in [0.2, 0.25) is 0 Å². The number of nitrogens with zero attached hydrogens (tertiary/aromatic N) is 1. The Bertz CT molecular complexity index is 1230. The fourth-order valence-corrected chi connectivity index (χ4v) is 3.99. The van der Waals surface area contributed by atoms with Gasteiger partial charge in [0, 0.05) is 35.5 Å². The largest absolute Gasteiger partial charge is 0.457 e. The van der Waals surface area contributed by atoms with E-state index in [0.29, 0.717) is 22.5 Å². The van der Waals surface area contributed by atoms with Gasteiger partial charge in [0.1, 0.15) is 11.5 Å². The molecule has 162 valence electrons. The van der Waals surface area contributed by atoms with Gasteiger partial charge in [0.05, 0.1) is 11.1 Å². The van der Waals surface area contributed by atoms with Crippen molar-refractivity contribution in [3.63, 3.8) is 0 Å². The van der Waals surface area contributed by atoms with Crippen LogP contribution in [0.5, 0.6) is 11.5 Å². The zero-order valence-electron chi connectivity index (χ0n) is 17.6. The summed E-state index contributed by atoms with van der Waals surface area (Å²) in [6, 6.07) is 21.2. The molecule has 0 bridgehead atoms. The minimum Gasteiger partial charge on any atom is -0.457 e. The highest BCUT2D eigenvalue weighted by molar-refractivity contribution is 6.16. The zero-order chi connectivity index (χ0) is 21.9. The van der Waals surface area contributed by atoms with E-state index >= 15 is 0 Å². The standard InChI is InChI=1S/C25H25N5O2/c26-24(16-8-10-19(11-9-16)31-18-6-2-1-3-7-18)20-13-21-23(32-30-25(21)27)14-22(20)29-17-5-4-12-28-15-17/h1-3,6-11,13-14,17,26,28-29H,4-5,12,15H2,(H2,27,30). The quantitative estimate of drug-likeness (QED) is 0.330. The Morgan fingerprint density at radius 2 is 1.88 bits per heavy atom. The number of nitrogens with two attached hydrogens (primary N) is 1. The summed E-state index contributed by atoms with van der Waals surface area (Å²) < 4.78 is 11.3. The van der Waals surface area contributed by atoms with Crippen molar-refractivity contribution in [3.8, 4) is 11.5 Å². The number of ether oxygens (including phenoxy) is 1. The minimum atomic E-state index is 0.287. The lowest BCUT2D eigenvalue weighted by Crippen LogP contribution is -2.38. The molecule has 1 aromatic heterocycles. The van der Waals surface area contributed by atoms with Crippen LogP contribution in [0.1, 0.15) is 24.0 Å². The maximum atomic E-state index is 8.93. The highest BCUT2D eigenvalue weighted by atomic mass is 16.5. The summed E-state index contributed by atoms with van der Waals surface area (Å²) in [6.07, 6.45) is 2.19. The van der Waals surface area contributed by atoms with Crippen molar-refractivity contribution in [1.82, 2.24) is 10.5 Å². The van der Waals surface area contributed by atoms with Crippen LogP contribution in [0.2, 0.25) is 0 Å². The molecular formula is C25H25N5O2. The Labute approximate surface area is 186 Å². The lowest BCUT2D eigenvalue weighted by molar-refractivity contribution is 0.460. The molecule has 2 heterocycles. The van der Waals surface area contributed by atoms with Crippen LogP contribution in [0.3, 0.4) is 0 Å². The van der Waals surface area contributed by atoms with Crippen LogP contribution in [0.25, 0.3) is 11.0 Å². The topological polar surface area (TPSA) is 109 Å². The van der Waals surface area contributed by atoms with E-state index in [9.17, 15) is 0 Å². The van der Waals surface area contributed by atoms with E-state index in [1.807, 2.05) is 66.7 Å². The molecule has 1 saturated heterocycles. The van der Waals surface area contributed by atoms with Gasteiger partial charge in [-0.3, -0.25) is 5.41 Å². The number of hydrogen-bond donors (Lipinski definition) is 4. The summed E-state index contributed by atoms with van der Waals surface area (Å²) in [6.45, 7) is 1.92. The molecule has 1 aliphatic rings. The van der Waals surface area contributed by atoms with Crippen molar-refractivity contribution in [2.75, 3.05) is 24.1 Å². The van der Waals surface area contributed by atoms with E-state index in [1.54, 1.807) is 0 Å². The molecule has 4 aromatic rings. The van der Waals surface area contributed by atoms with Crippen molar-refractivity contribution in [3.05, 3.63) is 77.9 Å². The third-order valence-corrected chi connectivity index (χ3v) is 5.69. The number of rotatable bonds is 6. The van der Waals surface area contributed by atoms with E-state index in [-0.39, 0.29) is 6.04 Å². The molecule has 3 aromatic carbocycles. The van der Waals surface area contributed by atoms with Gasteiger partial charge in [-0.05, 0) is 61.9 Å². The molecule has 0 aliphatic carbocycles. The molecule has 0 saturated carbocycles. The van der Waals surface area contributed by atoms with E-state index in [1.165, 1.54) is 0 Å². The molecule has 0 radical (unpaired) electrons. The van der Waals surface area contributed by atoms with Crippen molar-refractivity contribution < 1.29 is 9.26 Å². The predicted molar refractivity (Wildman–Crippen MR) is 127 cm³/mol. The van der Waals surface area contributed by atoms with Gasteiger partial charge in [0.25, 0.3) is 0 Å². The van der Waals surface area contributed by atoms with Crippen LogP contribution in [0.4, 0.5) is 11.5 Å². The lowest BCUT2D eigenvalue weighted by Gasteiger charge is -2.26. The van der Waals surface area contributed by atoms with E-state index < -0.39 is 0 Å². The number of aromatic nitrogens is 1. The normalized spacial score (nSPS) is 16.1. The van der Waals surface area contributed by atoms with Gasteiger partial charge in [0.15, 0.2) is 11.4 Å². The van der Waals surface area contributed by atoms with Crippen LogP contribution >= 0.6 is 0 Å². The highest BCUT2D eigenvalue weighted by Crippen LogP contribution is 2.31. The summed E-state index contributed by atoms with van der Waals surface area (Å²) in [5, 5.41) is 20.5. The maximum Gasteiger partial charge on any atom is 0.174 e. The number of para-hydroxylation sites is 1. The van der Waals surface area contributed by atoms with E-state index in [0.717, 1.165) is 54.2 Å². The predicted octanol–water partition coefficient (Wildman–Crippen LogP) is 4.78. The second kappa shape index (κ2) is 8.72. The number of hydrogen-bond acceptors (Lipinski definition) is 7.